The maximum Gasteiger partial charge on any atom is 0.0330 e. The van der Waals surface area contributed by atoms with Crippen LogP contribution in [-0.2, 0) is 0 Å². The minimum Gasteiger partial charge on any atom is -0.412 e. The molecule has 3 heteroatoms. The Hall–Kier alpha value is -0.280. The Morgan fingerprint density at radius 3 is 2.57 bits per heavy atom. The van der Waals surface area contributed by atoms with Crippen LogP contribution in [0.1, 0.15) is 0 Å². The van der Waals surface area contributed by atoms with E-state index in [2.05, 4.69) is 4.99 Å². The molecule has 0 unspecified atom stereocenters. The monoisotopic (exact) mass is 117 g/mol. The zero-order chi connectivity index (χ0) is 4.24. The van der Waals surface area contributed by atoms with Crippen molar-refractivity contribution in [1.82, 2.24) is 0 Å². The van der Waals surface area contributed by atoms with E-state index in [-0.39, 0.29) is 5.48 Å². The summed E-state index contributed by atoms with van der Waals surface area (Å²) in [6, 6.07) is 0. The van der Waals surface area contributed by atoms with Crippen LogP contribution in [0.5, 0.6) is 0 Å². The lowest BCUT2D eigenvalue weighted by Gasteiger charge is -1.87. The zero-order valence-electron chi connectivity index (χ0n) is 3.79. The van der Waals surface area contributed by atoms with Crippen LogP contribution in [0.3, 0.4) is 0 Å². The molecule has 0 bridgehead atoms. The molecule has 2 N–H and O–H groups in total. The zero-order valence-corrected chi connectivity index (χ0v) is 4.61. The van der Waals surface area contributed by atoms with Crippen LogP contribution in [0.2, 0.25) is 0 Å². The Kier molecular flexibility index (Phi) is 3.74. The normalized spacial score (nSPS) is 16.0. The molecule has 0 amide bonds. The summed E-state index contributed by atoms with van der Waals surface area (Å²) >= 11 is 1.77. The van der Waals surface area contributed by atoms with Crippen molar-refractivity contribution in [3.8, 4) is 0 Å². The molecule has 0 atom stereocenters. The maximum atomic E-state index is 3.85. The van der Waals surface area contributed by atoms with Gasteiger partial charge in [0.05, 0.1) is 0 Å². The van der Waals surface area contributed by atoms with Gasteiger partial charge in [-0.2, -0.15) is 0 Å². The van der Waals surface area contributed by atoms with E-state index in [0.717, 1.165) is 5.75 Å². The van der Waals surface area contributed by atoms with Crippen molar-refractivity contribution in [1.29, 1.82) is 0 Å². The molecule has 0 fully saturated rings. The Balaban J connectivity index is 0.000000360. The van der Waals surface area contributed by atoms with E-state index in [1.807, 2.05) is 11.6 Å². The fourth-order valence-corrected chi connectivity index (χ4v) is 0.720. The van der Waals surface area contributed by atoms with Gasteiger partial charge < -0.3 is 5.48 Å². The molecule has 0 aromatic heterocycles. The molecule has 7 heavy (non-hydrogen) atoms. The molecule has 0 aromatic carbocycles. The maximum absolute atomic E-state index is 3.85. The summed E-state index contributed by atoms with van der Waals surface area (Å²) in [7, 11) is 0. The molecule has 40 valence electrons. The van der Waals surface area contributed by atoms with Gasteiger partial charge in [0.15, 0.2) is 0 Å². The Morgan fingerprint density at radius 2 is 2.43 bits per heavy atom. The van der Waals surface area contributed by atoms with E-state index in [4.69, 9.17) is 0 Å². The van der Waals surface area contributed by atoms with Gasteiger partial charge >= 0.3 is 0 Å². The van der Waals surface area contributed by atoms with Crippen LogP contribution >= 0.6 is 11.8 Å². The Bertz CT molecular complexity index is 77.7. The average Bonchev–Trinajstić information content (AvgIpc) is 1.72. The van der Waals surface area contributed by atoms with Crippen LogP contribution in [0.25, 0.3) is 0 Å². The average molecular weight is 117 g/mol. The van der Waals surface area contributed by atoms with E-state index in [1.165, 1.54) is 0 Å². The molecule has 2 nitrogen and oxygen atoms in total. The lowest BCUT2D eigenvalue weighted by Crippen LogP contribution is -1.77. The molecule has 0 saturated carbocycles. The number of aliphatic imine (C=N–C) groups is 1. The fraction of sp³-hybridized carbons (Fsp3) is 0.250. The summed E-state index contributed by atoms with van der Waals surface area (Å²) < 4.78 is 0. The molecule has 1 aliphatic heterocycles. The topological polar surface area (TPSA) is 43.9 Å². The third kappa shape index (κ3) is 2.42. The second kappa shape index (κ2) is 3.89. The molecule has 0 saturated heterocycles. The lowest BCUT2D eigenvalue weighted by atomic mass is 10.8. The van der Waals surface area contributed by atoms with Gasteiger partial charge in [0.1, 0.15) is 0 Å². The highest BCUT2D eigenvalue weighted by Gasteiger charge is 1.78. The third-order valence-corrected chi connectivity index (χ3v) is 1.18. The second-order valence-corrected chi connectivity index (χ2v) is 1.89. The SMILES string of the molecule is C1=CSCC=N1.O. The standard InChI is InChI=1S/C4H5NS.H2O/c1-3-6-4-2-5-1;/h1-3H,4H2;1H2. The molecule has 0 aromatic rings. The van der Waals surface area contributed by atoms with Gasteiger partial charge in [0, 0.05) is 18.2 Å². The fourth-order valence-electron chi connectivity index (χ4n) is 0.281. The molecular formula is C4H7NOS. The van der Waals surface area contributed by atoms with Crippen molar-refractivity contribution in [2.24, 2.45) is 4.99 Å². The van der Waals surface area contributed by atoms with Gasteiger partial charge in [-0.15, -0.1) is 11.8 Å². The number of rotatable bonds is 0. The molecule has 1 heterocycles. The van der Waals surface area contributed by atoms with E-state index in [1.54, 1.807) is 18.0 Å². The predicted octanol–water partition coefficient (Wildman–Crippen LogP) is 0.450. The van der Waals surface area contributed by atoms with Gasteiger partial charge in [-0.3, -0.25) is 4.99 Å². The number of hydrogen-bond donors (Lipinski definition) is 0. The third-order valence-electron chi connectivity index (χ3n) is 0.519. The van der Waals surface area contributed by atoms with Crippen molar-refractivity contribution >= 4 is 18.0 Å². The van der Waals surface area contributed by atoms with Gasteiger partial charge in [-0.05, 0) is 5.41 Å². The van der Waals surface area contributed by atoms with Crippen molar-refractivity contribution < 1.29 is 5.48 Å². The lowest BCUT2D eigenvalue weighted by molar-refractivity contribution is 0.824. The highest BCUT2D eigenvalue weighted by molar-refractivity contribution is 8.02. The first-order chi connectivity index (χ1) is 3.00. The largest absolute Gasteiger partial charge is 0.412 e. The Morgan fingerprint density at radius 1 is 1.57 bits per heavy atom. The highest BCUT2D eigenvalue weighted by atomic mass is 32.2. The van der Waals surface area contributed by atoms with E-state index in [9.17, 15) is 0 Å². The summed E-state index contributed by atoms with van der Waals surface area (Å²) in [4.78, 5) is 3.85. The first-order valence-electron chi connectivity index (χ1n) is 1.78. The molecular weight excluding hydrogens is 110 g/mol. The molecule has 0 radical (unpaired) electrons. The van der Waals surface area contributed by atoms with Crippen molar-refractivity contribution in [3.05, 3.63) is 11.6 Å². The van der Waals surface area contributed by atoms with Crippen LogP contribution in [0.15, 0.2) is 16.6 Å². The Labute approximate surface area is 46.6 Å². The number of hydrogen-bond acceptors (Lipinski definition) is 2. The summed E-state index contributed by atoms with van der Waals surface area (Å²) in [5, 5.41) is 1.99. The summed E-state index contributed by atoms with van der Waals surface area (Å²) in [6.07, 6.45) is 3.69. The summed E-state index contributed by atoms with van der Waals surface area (Å²) in [6.45, 7) is 0. The van der Waals surface area contributed by atoms with Crippen LogP contribution in [0, 0.1) is 0 Å². The second-order valence-electron chi connectivity index (χ2n) is 0.950. The molecule has 1 aliphatic rings. The summed E-state index contributed by atoms with van der Waals surface area (Å²) in [5.74, 6) is 1.04. The first kappa shape index (κ1) is 6.72. The van der Waals surface area contributed by atoms with Crippen molar-refractivity contribution in [2.45, 2.75) is 0 Å². The molecule has 0 spiro atoms. The van der Waals surface area contributed by atoms with E-state index < -0.39 is 0 Å². The van der Waals surface area contributed by atoms with Gasteiger partial charge in [-0.1, -0.05) is 0 Å². The summed E-state index contributed by atoms with van der Waals surface area (Å²) in [5.41, 5.74) is 0. The van der Waals surface area contributed by atoms with Gasteiger partial charge in [0.2, 0.25) is 0 Å². The van der Waals surface area contributed by atoms with Crippen LogP contribution < -0.4 is 0 Å². The first-order valence-corrected chi connectivity index (χ1v) is 2.83. The molecule has 0 aliphatic carbocycles. The van der Waals surface area contributed by atoms with E-state index in [0.29, 0.717) is 0 Å². The van der Waals surface area contributed by atoms with E-state index >= 15 is 0 Å². The quantitative estimate of drug-likeness (QED) is 0.454. The van der Waals surface area contributed by atoms with Crippen molar-refractivity contribution in [3.63, 3.8) is 0 Å². The van der Waals surface area contributed by atoms with Crippen LogP contribution in [0.4, 0.5) is 0 Å². The highest BCUT2D eigenvalue weighted by Crippen LogP contribution is 2.02. The molecule has 1 rings (SSSR count). The van der Waals surface area contributed by atoms with Gasteiger partial charge in [0.25, 0.3) is 0 Å². The van der Waals surface area contributed by atoms with Crippen molar-refractivity contribution in [2.75, 3.05) is 5.75 Å². The van der Waals surface area contributed by atoms with Gasteiger partial charge in [-0.25, -0.2) is 0 Å². The van der Waals surface area contributed by atoms with Crippen LogP contribution in [-0.4, -0.2) is 17.4 Å². The number of nitrogens with zero attached hydrogens (tertiary/aromatic N) is 1. The predicted molar refractivity (Wildman–Crippen MR) is 33.7 cm³/mol. The minimum atomic E-state index is 0. The number of thioether (sulfide) groups is 1. The minimum absolute atomic E-state index is 0. The smallest absolute Gasteiger partial charge is 0.0330 e.